The number of hydrogen-bond donors (Lipinski definition) is 0. The van der Waals surface area contributed by atoms with Crippen LogP contribution in [0.15, 0.2) is 18.2 Å². The number of benzene rings is 1. The monoisotopic (exact) mass is 239 g/mol. The second-order valence-electron chi connectivity index (χ2n) is 3.52. The average molecular weight is 240 g/mol. The maximum Gasteiger partial charge on any atom is 0.0764 e. The van der Waals surface area contributed by atoms with Crippen molar-refractivity contribution in [2.45, 2.75) is 20.3 Å². The lowest BCUT2D eigenvalue weighted by Gasteiger charge is -2.07. The van der Waals surface area contributed by atoms with Crippen LogP contribution in [0.3, 0.4) is 0 Å². The summed E-state index contributed by atoms with van der Waals surface area (Å²) in [6.07, 6.45) is 0.877. The van der Waals surface area contributed by atoms with Crippen LogP contribution in [0, 0.1) is 6.92 Å². The van der Waals surface area contributed by atoms with Gasteiger partial charge < -0.3 is 0 Å². The Hall–Kier alpha value is -0.790. The van der Waals surface area contributed by atoms with Gasteiger partial charge in [-0.2, -0.15) is 0 Å². The lowest BCUT2D eigenvalue weighted by Crippen LogP contribution is -1.91. The topological polar surface area (TPSA) is 12.9 Å². The molecular formula is C12H11Cl2N. The van der Waals surface area contributed by atoms with Gasteiger partial charge in [0.2, 0.25) is 0 Å². The highest BCUT2D eigenvalue weighted by molar-refractivity contribution is 6.36. The predicted molar refractivity (Wildman–Crippen MR) is 65.9 cm³/mol. The maximum absolute atomic E-state index is 6.18. The molecule has 0 unspecified atom stereocenters. The van der Waals surface area contributed by atoms with Gasteiger partial charge in [-0.25, -0.2) is 0 Å². The van der Waals surface area contributed by atoms with Gasteiger partial charge in [-0.05, 0) is 37.1 Å². The number of nitrogens with zero attached hydrogens (tertiary/aromatic N) is 1. The summed E-state index contributed by atoms with van der Waals surface area (Å²) in [6, 6.07) is 5.69. The van der Waals surface area contributed by atoms with E-state index in [4.69, 9.17) is 23.2 Å². The van der Waals surface area contributed by atoms with Crippen LogP contribution in [-0.2, 0) is 6.42 Å². The molecule has 0 saturated heterocycles. The fraction of sp³-hybridized carbons (Fsp3) is 0.250. The van der Waals surface area contributed by atoms with Crippen LogP contribution in [0.4, 0.5) is 0 Å². The van der Waals surface area contributed by atoms with Crippen molar-refractivity contribution in [1.82, 2.24) is 4.98 Å². The van der Waals surface area contributed by atoms with Crippen molar-refractivity contribution in [3.8, 4) is 0 Å². The van der Waals surface area contributed by atoms with Crippen LogP contribution in [0.2, 0.25) is 10.0 Å². The minimum Gasteiger partial charge on any atom is -0.252 e. The lowest BCUT2D eigenvalue weighted by molar-refractivity contribution is 1.05. The maximum atomic E-state index is 6.18. The van der Waals surface area contributed by atoms with Gasteiger partial charge in [0.25, 0.3) is 0 Å². The third-order valence-electron chi connectivity index (χ3n) is 2.53. The first-order valence-corrected chi connectivity index (χ1v) is 5.63. The van der Waals surface area contributed by atoms with E-state index in [1.165, 1.54) is 0 Å². The molecule has 0 aliphatic heterocycles. The average Bonchev–Trinajstić information content (AvgIpc) is 2.23. The Kier molecular flexibility index (Phi) is 2.85. The van der Waals surface area contributed by atoms with Crippen LogP contribution >= 0.6 is 23.2 Å². The van der Waals surface area contributed by atoms with Gasteiger partial charge in [0, 0.05) is 16.1 Å². The van der Waals surface area contributed by atoms with Gasteiger partial charge in [0.1, 0.15) is 0 Å². The molecule has 1 aromatic heterocycles. The number of hydrogen-bond acceptors (Lipinski definition) is 1. The fourth-order valence-corrected chi connectivity index (χ4v) is 2.02. The summed E-state index contributed by atoms with van der Waals surface area (Å²) in [7, 11) is 0. The second kappa shape index (κ2) is 3.99. The minimum atomic E-state index is 0.735. The zero-order valence-corrected chi connectivity index (χ0v) is 10.2. The van der Waals surface area contributed by atoms with Gasteiger partial charge in [-0.15, -0.1) is 0 Å². The zero-order valence-electron chi connectivity index (χ0n) is 8.64. The normalized spacial score (nSPS) is 10.9. The Morgan fingerprint density at radius 1 is 1.20 bits per heavy atom. The van der Waals surface area contributed by atoms with Crippen molar-refractivity contribution < 1.29 is 0 Å². The van der Waals surface area contributed by atoms with E-state index in [1.807, 2.05) is 25.1 Å². The first-order valence-electron chi connectivity index (χ1n) is 4.87. The van der Waals surface area contributed by atoms with Gasteiger partial charge in [-0.3, -0.25) is 4.98 Å². The van der Waals surface area contributed by atoms with Crippen molar-refractivity contribution in [3.05, 3.63) is 39.5 Å². The van der Waals surface area contributed by atoms with E-state index in [-0.39, 0.29) is 0 Å². The Morgan fingerprint density at radius 3 is 2.60 bits per heavy atom. The second-order valence-corrected chi connectivity index (χ2v) is 4.33. The molecule has 0 atom stereocenters. The summed E-state index contributed by atoms with van der Waals surface area (Å²) < 4.78 is 0. The van der Waals surface area contributed by atoms with Crippen molar-refractivity contribution in [2.75, 3.05) is 0 Å². The summed E-state index contributed by atoms with van der Waals surface area (Å²) in [5.41, 5.74) is 2.90. The standard InChI is InChI=1S/C12H11Cl2N/c1-3-8-6-11(14)9-4-5-10(13)7(2)12(9)15-8/h4-6H,3H2,1-2H3. The van der Waals surface area contributed by atoms with Crippen LogP contribution in [0.1, 0.15) is 18.2 Å². The third-order valence-corrected chi connectivity index (χ3v) is 3.26. The molecule has 1 heterocycles. The molecule has 0 N–H and O–H groups in total. The van der Waals surface area contributed by atoms with Crippen LogP contribution in [0.5, 0.6) is 0 Å². The molecule has 2 rings (SSSR count). The summed E-state index contributed by atoms with van der Waals surface area (Å²) in [4.78, 5) is 4.55. The largest absolute Gasteiger partial charge is 0.252 e. The number of aromatic nitrogens is 1. The first kappa shape index (κ1) is 10.7. The number of halogens is 2. The molecule has 2 aromatic rings. The quantitative estimate of drug-likeness (QED) is 0.719. The minimum absolute atomic E-state index is 0.735. The number of fused-ring (bicyclic) bond motifs is 1. The Balaban J connectivity index is 2.86. The van der Waals surface area contributed by atoms with Crippen LogP contribution in [0.25, 0.3) is 10.9 Å². The van der Waals surface area contributed by atoms with E-state index in [1.54, 1.807) is 0 Å². The molecule has 0 aliphatic carbocycles. The van der Waals surface area contributed by atoms with E-state index < -0.39 is 0 Å². The van der Waals surface area contributed by atoms with E-state index >= 15 is 0 Å². The molecule has 0 spiro atoms. The van der Waals surface area contributed by atoms with Gasteiger partial charge >= 0.3 is 0 Å². The summed E-state index contributed by atoms with van der Waals surface area (Å²) in [5.74, 6) is 0. The van der Waals surface area contributed by atoms with E-state index in [0.717, 1.165) is 38.6 Å². The molecule has 0 bridgehead atoms. The molecule has 78 valence electrons. The van der Waals surface area contributed by atoms with Gasteiger partial charge in [0.05, 0.1) is 10.5 Å². The van der Waals surface area contributed by atoms with E-state index in [9.17, 15) is 0 Å². The van der Waals surface area contributed by atoms with Crippen molar-refractivity contribution >= 4 is 34.1 Å². The number of pyridine rings is 1. The molecule has 0 radical (unpaired) electrons. The number of aryl methyl sites for hydroxylation is 2. The highest BCUT2D eigenvalue weighted by Gasteiger charge is 2.07. The zero-order chi connectivity index (χ0) is 11.0. The van der Waals surface area contributed by atoms with Crippen molar-refractivity contribution in [1.29, 1.82) is 0 Å². The molecule has 0 saturated carbocycles. The molecule has 0 fully saturated rings. The van der Waals surface area contributed by atoms with Crippen LogP contribution < -0.4 is 0 Å². The molecule has 3 heteroatoms. The fourth-order valence-electron chi connectivity index (χ4n) is 1.59. The van der Waals surface area contributed by atoms with Crippen molar-refractivity contribution in [3.63, 3.8) is 0 Å². The Labute approximate surface area is 99.0 Å². The van der Waals surface area contributed by atoms with Crippen LogP contribution in [-0.4, -0.2) is 4.98 Å². The SMILES string of the molecule is CCc1cc(Cl)c2ccc(Cl)c(C)c2n1. The molecule has 1 aromatic carbocycles. The molecule has 1 nitrogen and oxygen atoms in total. The molecular weight excluding hydrogens is 229 g/mol. The number of rotatable bonds is 1. The van der Waals surface area contributed by atoms with Crippen molar-refractivity contribution in [2.24, 2.45) is 0 Å². The summed E-state index contributed by atoms with van der Waals surface area (Å²) in [5, 5.41) is 2.45. The highest BCUT2D eigenvalue weighted by atomic mass is 35.5. The first-order chi connectivity index (χ1) is 7.13. The Bertz CT molecular complexity index is 521. The summed E-state index contributed by atoms with van der Waals surface area (Å²) >= 11 is 12.2. The lowest BCUT2D eigenvalue weighted by atomic mass is 10.1. The molecule has 0 aliphatic rings. The highest BCUT2D eigenvalue weighted by Crippen LogP contribution is 2.29. The Morgan fingerprint density at radius 2 is 1.93 bits per heavy atom. The predicted octanol–water partition coefficient (Wildman–Crippen LogP) is 4.41. The third kappa shape index (κ3) is 1.82. The summed E-state index contributed by atoms with van der Waals surface area (Å²) in [6.45, 7) is 4.03. The molecule has 0 amide bonds. The van der Waals surface area contributed by atoms with E-state index in [2.05, 4.69) is 11.9 Å². The smallest absolute Gasteiger partial charge is 0.0764 e. The van der Waals surface area contributed by atoms with Gasteiger partial charge in [0.15, 0.2) is 0 Å². The van der Waals surface area contributed by atoms with Gasteiger partial charge in [-0.1, -0.05) is 30.1 Å². The molecule has 15 heavy (non-hydrogen) atoms. The van der Waals surface area contributed by atoms with E-state index in [0.29, 0.717) is 0 Å².